The number of amides is 1. The lowest BCUT2D eigenvalue weighted by atomic mass is 10.2. The van der Waals surface area contributed by atoms with Gasteiger partial charge in [-0.15, -0.1) is 0 Å². The molecule has 10 heteroatoms. The summed E-state index contributed by atoms with van der Waals surface area (Å²) < 4.78 is 5.80. The van der Waals surface area contributed by atoms with Gasteiger partial charge in [0.2, 0.25) is 0 Å². The molecule has 0 unspecified atom stereocenters. The van der Waals surface area contributed by atoms with Gasteiger partial charge in [-0.3, -0.25) is 19.5 Å². The zero-order chi connectivity index (χ0) is 23.0. The van der Waals surface area contributed by atoms with Crippen LogP contribution in [0, 0.1) is 0 Å². The minimum Gasteiger partial charge on any atom is -0.492 e. The van der Waals surface area contributed by atoms with E-state index in [1.165, 1.54) is 6.20 Å². The van der Waals surface area contributed by atoms with Gasteiger partial charge in [-0.2, -0.15) is 0 Å². The summed E-state index contributed by atoms with van der Waals surface area (Å²) in [5.74, 6) is 0.907. The first-order chi connectivity index (χ1) is 16.1. The molecule has 1 aliphatic heterocycles. The summed E-state index contributed by atoms with van der Waals surface area (Å²) in [6.07, 6.45) is 4.71. The van der Waals surface area contributed by atoms with Crippen molar-refractivity contribution in [3.05, 3.63) is 64.8 Å². The number of benzene rings is 1. The highest BCUT2D eigenvalue weighted by Gasteiger charge is 2.12. The summed E-state index contributed by atoms with van der Waals surface area (Å²) in [6.45, 7) is 5.51. The van der Waals surface area contributed by atoms with Crippen molar-refractivity contribution in [3.63, 3.8) is 0 Å². The molecule has 0 aliphatic carbocycles. The molecular formula is C23H27N7O3. The van der Waals surface area contributed by atoms with Crippen molar-refractivity contribution in [2.45, 2.75) is 0 Å². The van der Waals surface area contributed by atoms with Gasteiger partial charge >= 0.3 is 0 Å². The number of carbonyl (C=O) groups is 1. The molecule has 0 spiro atoms. The Morgan fingerprint density at radius 1 is 1.18 bits per heavy atom. The fourth-order valence-corrected chi connectivity index (χ4v) is 3.47. The minimum absolute atomic E-state index is 0.130. The van der Waals surface area contributed by atoms with Crippen LogP contribution in [0.2, 0.25) is 0 Å². The Balaban J connectivity index is 1.38. The molecule has 0 bridgehead atoms. The molecule has 1 amide bonds. The van der Waals surface area contributed by atoms with Crippen molar-refractivity contribution < 1.29 is 9.53 Å². The maximum Gasteiger partial charge on any atom is 0.271 e. The van der Waals surface area contributed by atoms with Crippen molar-refractivity contribution in [2.75, 3.05) is 57.0 Å². The van der Waals surface area contributed by atoms with Gasteiger partial charge in [-0.25, -0.2) is 4.98 Å². The highest BCUT2D eigenvalue weighted by molar-refractivity contribution is 6.04. The van der Waals surface area contributed by atoms with E-state index in [1.807, 2.05) is 0 Å². The van der Waals surface area contributed by atoms with E-state index in [0.717, 1.165) is 32.7 Å². The van der Waals surface area contributed by atoms with Crippen LogP contribution < -0.4 is 26.2 Å². The fraction of sp³-hybridized carbons (Fsp3) is 0.304. The molecule has 1 fully saturated rings. The molecule has 0 atom stereocenters. The molecule has 4 N–H and O–H groups in total. The molecule has 0 radical (unpaired) electrons. The molecule has 1 aliphatic rings. The Labute approximate surface area is 191 Å². The van der Waals surface area contributed by atoms with Crippen LogP contribution in [0.25, 0.3) is 11.3 Å². The molecular weight excluding hydrogens is 422 g/mol. The predicted molar refractivity (Wildman–Crippen MR) is 127 cm³/mol. The Morgan fingerprint density at radius 3 is 2.73 bits per heavy atom. The van der Waals surface area contributed by atoms with Gasteiger partial charge in [0.1, 0.15) is 23.9 Å². The average Bonchev–Trinajstić information content (AvgIpc) is 2.86. The number of hydrogen-bond donors (Lipinski definition) is 4. The Morgan fingerprint density at radius 2 is 1.97 bits per heavy atom. The molecule has 1 saturated heterocycles. The van der Waals surface area contributed by atoms with Crippen molar-refractivity contribution in [3.8, 4) is 17.0 Å². The lowest BCUT2D eigenvalue weighted by Crippen LogP contribution is -2.44. The largest absolute Gasteiger partial charge is 0.492 e. The average molecular weight is 450 g/mol. The molecule has 172 valence electrons. The van der Waals surface area contributed by atoms with Crippen LogP contribution in [0.4, 0.5) is 11.5 Å². The zero-order valence-corrected chi connectivity index (χ0v) is 18.4. The van der Waals surface area contributed by atoms with Crippen LogP contribution in [-0.4, -0.2) is 72.1 Å². The molecule has 4 rings (SSSR count). The first-order valence-corrected chi connectivity index (χ1v) is 10.8. The second-order valence-corrected chi connectivity index (χ2v) is 7.59. The summed E-state index contributed by atoms with van der Waals surface area (Å²) in [7, 11) is 1.75. The molecule has 10 nitrogen and oxygen atoms in total. The Hall–Kier alpha value is -3.76. The van der Waals surface area contributed by atoms with Crippen LogP contribution in [-0.2, 0) is 0 Å². The predicted octanol–water partition coefficient (Wildman–Crippen LogP) is 1.41. The Kier molecular flexibility index (Phi) is 7.28. The highest BCUT2D eigenvalue weighted by Crippen LogP contribution is 2.19. The lowest BCUT2D eigenvalue weighted by Gasteiger charge is -2.26. The lowest BCUT2D eigenvalue weighted by molar-refractivity contribution is 0.102. The van der Waals surface area contributed by atoms with Gasteiger partial charge in [-0.1, -0.05) is 0 Å². The van der Waals surface area contributed by atoms with Crippen LogP contribution in [0.5, 0.6) is 5.75 Å². The number of piperazine rings is 1. The summed E-state index contributed by atoms with van der Waals surface area (Å²) in [5, 5.41) is 8.92. The summed E-state index contributed by atoms with van der Waals surface area (Å²) in [5.41, 5.74) is 1.34. The first kappa shape index (κ1) is 22.4. The third-order valence-corrected chi connectivity index (χ3v) is 5.34. The summed E-state index contributed by atoms with van der Waals surface area (Å²) in [4.78, 5) is 38.5. The van der Waals surface area contributed by atoms with Gasteiger partial charge in [0.05, 0.1) is 18.1 Å². The maximum atomic E-state index is 12.7. The van der Waals surface area contributed by atoms with E-state index in [2.05, 4.69) is 35.8 Å². The number of nitrogens with zero attached hydrogens (tertiary/aromatic N) is 3. The van der Waals surface area contributed by atoms with Gasteiger partial charge < -0.3 is 25.7 Å². The molecule has 1 aromatic carbocycles. The van der Waals surface area contributed by atoms with E-state index >= 15 is 0 Å². The minimum atomic E-state index is -0.405. The van der Waals surface area contributed by atoms with Crippen molar-refractivity contribution in [2.24, 2.45) is 0 Å². The van der Waals surface area contributed by atoms with Crippen molar-refractivity contribution >= 4 is 17.4 Å². The molecule has 2 aromatic heterocycles. The van der Waals surface area contributed by atoms with Gasteiger partial charge in [0, 0.05) is 57.1 Å². The number of rotatable bonds is 8. The van der Waals surface area contributed by atoms with E-state index in [1.54, 1.807) is 49.8 Å². The highest BCUT2D eigenvalue weighted by atomic mass is 16.5. The van der Waals surface area contributed by atoms with E-state index in [0.29, 0.717) is 35.0 Å². The second-order valence-electron chi connectivity index (χ2n) is 7.59. The SMILES string of the molecule is CNc1cncc(-c2c[nH]c(=O)c(NC(=O)c3ccc(OCCN4CCNCC4)cc3)c2)n1. The van der Waals surface area contributed by atoms with Crippen LogP contribution >= 0.6 is 0 Å². The number of nitrogens with one attached hydrogen (secondary N) is 4. The fourth-order valence-electron chi connectivity index (χ4n) is 3.47. The van der Waals surface area contributed by atoms with Gasteiger partial charge in [-0.05, 0) is 30.3 Å². The molecule has 3 aromatic rings. The monoisotopic (exact) mass is 449 g/mol. The van der Waals surface area contributed by atoms with Crippen LogP contribution in [0.1, 0.15) is 10.4 Å². The molecule has 0 saturated carbocycles. The van der Waals surface area contributed by atoms with Gasteiger partial charge in [0.15, 0.2) is 0 Å². The third kappa shape index (κ3) is 5.93. The normalized spacial score (nSPS) is 14.0. The number of anilines is 2. The standard InChI is InChI=1S/C23H27N7O3/c1-24-21-15-26-14-20(28-21)17-12-19(23(32)27-13-17)29-22(31)16-2-4-18(5-3-16)33-11-10-30-8-6-25-7-9-30/h2-5,12-15,25H,6-11H2,1H3,(H,24,28)(H,27,32)(H,29,31). The number of aromatic nitrogens is 3. The number of aromatic amines is 1. The summed E-state index contributed by atoms with van der Waals surface area (Å²) >= 11 is 0. The topological polar surface area (TPSA) is 124 Å². The zero-order valence-electron chi connectivity index (χ0n) is 18.4. The number of carbonyl (C=O) groups excluding carboxylic acids is 1. The number of ether oxygens (including phenoxy) is 1. The Bertz CT molecular complexity index is 1140. The summed E-state index contributed by atoms with van der Waals surface area (Å²) in [6, 6.07) is 8.44. The number of H-pyrrole nitrogens is 1. The first-order valence-electron chi connectivity index (χ1n) is 10.8. The quantitative estimate of drug-likeness (QED) is 0.407. The van der Waals surface area contributed by atoms with Gasteiger partial charge in [0.25, 0.3) is 11.5 Å². The van der Waals surface area contributed by atoms with Crippen molar-refractivity contribution in [1.82, 2.24) is 25.2 Å². The molecule has 33 heavy (non-hydrogen) atoms. The maximum absolute atomic E-state index is 12.7. The van der Waals surface area contributed by atoms with E-state index in [4.69, 9.17) is 4.74 Å². The number of hydrogen-bond acceptors (Lipinski definition) is 8. The smallest absolute Gasteiger partial charge is 0.271 e. The third-order valence-electron chi connectivity index (χ3n) is 5.34. The van der Waals surface area contributed by atoms with Crippen LogP contribution in [0.3, 0.4) is 0 Å². The van der Waals surface area contributed by atoms with E-state index < -0.39 is 5.56 Å². The van der Waals surface area contributed by atoms with Crippen molar-refractivity contribution in [1.29, 1.82) is 0 Å². The van der Waals surface area contributed by atoms with Crippen LogP contribution in [0.15, 0.2) is 53.7 Å². The van der Waals surface area contributed by atoms with E-state index in [9.17, 15) is 9.59 Å². The van der Waals surface area contributed by atoms with E-state index in [-0.39, 0.29) is 11.6 Å². The molecule has 3 heterocycles. The number of pyridine rings is 1. The second kappa shape index (κ2) is 10.7.